The Morgan fingerprint density at radius 1 is 1.05 bits per heavy atom. The third-order valence-corrected chi connectivity index (χ3v) is 8.62. The Balaban J connectivity index is 1.41. The van der Waals surface area contributed by atoms with Gasteiger partial charge in [-0.05, 0) is 128 Å². The summed E-state index contributed by atoms with van der Waals surface area (Å²) in [6.45, 7) is 10.5. The molecule has 5 rings (SSSR count). The van der Waals surface area contributed by atoms with Crippen molar-refractivity contribution in [2.75, 3.05) is 30.8 Å². The molecule has 0 amide bonds. The molecule has 3 aromatic carbocycles. The highest BCUT2D eigenvalue weighted by Crippen LogP contribution is 2.41. The molecule has 40 heavy (non-hydrogen) atoms. The molecule has 2 aliphatic rings. The molecular weight excluding hydrogens is 490 g/mol. The normalized spacial score (nSPS) is 18.1. The second-order valence-corrected chi connectivity index (χ2v) is 11.4. The lowest BCUT2D eigenvalue weighted by Gasteiger charge is -2.30. The molecule has 1 saturated heterocycles. The summed E-state index contributed by atoms with van der Waals surface area (Å²) in [4.78, 5) is 2.44. The second-order valence-electron chi connectivity index (χ2n) is 11.4. The first-order valence-electron chi connectivity index (χ1n) is 14.6. The van der Waals surface area contributed by atoms with E-state index in [2.05, 4.69) is 90.7 Å². The van der Waals surface area contributed by atoms with Crippen molar-refractivity contribution in [2.24, 2.45) is 5.73 Å². The van der Waals surface area contributed by atoms with E-state index in [0.717, 1.165) is 36.1 Å². The summed E-state index contributed by atoms with van der Waals surface area (Å²) in [5, 5.41) is 14.9. The van der Waals surface area contributed by atoms with Gasteiger partial charge < -0.3 is 26.7 Å². The van der Waals surface area contributed by atoms with E-state index in [4.69, 9.17) is 11.1 Å². The number of nitrogens with one attached hydrogen (secondary N) is 3. The fraction of sp³-hybridized carbons (Fsp3) is 0.343. The highest BCUT2D eigenvalue weighted by Gasteiger charge is 2.27. The van der Waals surface area contributed by atoms with Crippen LogP contribution in [0, 0.1) is 5.41 Å². The predicted molar refractivity (Wildman–Crippen MR) is 170 cm³/mol. The van der Waals surface area contributed by atoms with Crippen LogP contribution in [0.4, 0.5) is 11.4 Å². The smallest absolute Gasteiger partial charge is 0.110 e. The first-order chi connectivity index (χ1) is 19.4. The van der Waals surface area contributed by atoms with Crippen molar-refractivity contribution < 1.29 is 0 Å². The van der Waals surface area contributed by atoms with E-state index in [1.165, 1.54) is 60.1 Å². The summed E-state index contributed by atoms with van der Waals surface area (Å²) in [7, 11) is 2.23. The zero-order valence-corrected chi connectivity index (χ0v) is 24.2. The minimum Gasteiger partial charge on any atom is -0.385 e. The summed E-state index contributed by atoms with van der Waals surface area (Å²) in [5.41, 5.74) is 18.0. The van der Waals surface area contributed by atoms with E-state index in [1.54, 1.807) is 5.56 Å². The number of rotatable bonds is 9. The van der Waals surface area contributed by atoms with Gasteiger partial charge in [-0.15, -0.1) is 0 Å². The van der Waals surface area contributed by atoms with Crippen LogP contribution >= 0.6 is 0 Å². The number of nitrogens with zero attached hydrogens (tertiary/aromatic N) is 1. The van der Waals surface area contributed by atoms with Crippen LogP contribution < -0.4 is 16.4 Å². The van der Waals surface area contributed by atoms with Crippen molar-refractivity contribution >= 4 is 17.6 Å². The first-order valence-corrected chi connectivity index (χ1v) is 14.6. The summed E-state index contributed by atoms with van der Waals surface area (Å²) in [6, 6.07) is 22.4. The number of hydrogen-bond acceptors (Lipinski definition) is 5. The Bertz CT molecular complexity index is 1430. The lowest BCUT2D eigenvalue weighted by atomic mass is 9.85. The first kappa shape index (κ1) is 27.7. The van der Waals surface area contributed by atoms with Gasteiger partial charge in [0.05, 0.1) is 6.04 Å². The van der Waals surface area contributed by atoms with Crippen LogP contribution in [0.25, 0.3) is 11.1 Å². The lowest BCUT2D eigenvalue weighted by Crippen LogP contribution is -2.29. The number of aryl methyl sites for hydroxylation is 2. The van der Waals surface area contributed by atoms with Gasteiger partial charge in [-0.2, -0.15) is 0 Å². The number of allylic oxidation sites excluding steroid dienone is 2. The number of nitrogens with two attached hydrogens (primary N) is 1. The third-order valence-electron chi connectivity index (χ3n) is 8.62. The molecule has 1 aliphatic heterocycles. The molecule has 0 spiro atoms. The van der Waals surface area contributed by atoms with E-state index in [9.17, 15) is 0 Å². The molecule has 1 aliphatic carbocycles. The van der Waals surface area contributed by atoms with Gasteiger partial charge in [-0.3, -0.25) is 0 Å². The van der Waals surface area contributed by atoms with E-state index in [1.807, 2.05) is 13.0 Å². The van der Waals surface area contributed by atoms with E-state index in [0.29, 0.717) is 17.3 Å². The molecule has 5 nitrogen and oxygen atoms in total. The summed E-state index contributed by atoms with van der Waals surface area (Å²) < 4.78 is 0. The number of hydrogen-bond donors (Lipinski definition) is 4. The number of anilines is 2. The van der Waals surface area contributed by atoms with Crippen LogP contribution in [0.1, 0.15) is 67.3 Å². The SMILES string of the molecule is C=C(C)/C(C=N)=C(\N)Nc1cccc(-c2cccc3c2C(Nc2ccc(C4CCN(C)CC4)c(CC)c2)CC3)c1. The molecule has 5 N–H and O–H groups in total. The van der Waals surface area contributed by atoms with Gasteiger partial charge in [-0.1, -0.05) is 49.9 Å². The third kappa shape index (κ3) is 5.85. The Morgan fingerprint density at radius 2 is 1.82 bits per heavy atom. The van der Waals surface area contributed by atoms with Gasteiger partial charge in [0.25, 0.3) is 0 Å². The molecule has 1 unspecified atom stereocenters. The van der Waals surface area contributed by atoms with Crippen molar-refractivity contribution in [3.8, 4) is 11.1 Å². The fourth-order valence-corrected chi connectivity index (χ4v) is 6.42. The van der Waals surface area contributed by atoms with E-state index in [-0.39, 0.29) is 6.04 Å². The Labute approximate surface area is 239 Å². The summed E-state index contributed by atoms with van der Waals surface area (Å²) in [6.07, 6.45) is 6.97. The zero-order chi connectivity index (χ0) is 28.2. The highest BCUT2D eigenvalue weighted by molar-refractivity contribution is 5.84. The van der Waals surface area contributed by atoms with Crippen LogP contribution in [-0.4, -0.2) is 31.3 Å². The van der Waals surface area contributed by atoms with E-state index < -0.39 is 0 Å². The molecular formula is C35H43N5. The molecule has 1 fully saturated rings. The Kier molecular flexibility index (Phi) is 8.41. The maximum atomic E-state index is 7.69. The van der Waals surface area contributed by atoms with E-state index >= 15 is 0 Å². The molecule has 3 aromatic rings. The van der Waals surface area contributed by atoms with Gasteiger partial charge >= 0.3 is 0 Å². The molecule has 1 heterocycles. The molecule has 208 valence electrons. The number of benzene rings is 3. The van der Waals surface area contributed by atoms with Gasteiger partial charge in [0.2, 0.25) is 0 Å². The van der Waals surface area contributed by atoms with Crippen LogP contribution in [0.5, 0.6) is 0 Å². The van der Waals surface area contributed by atoms with Crippen LogP contribution in [-0.2, 0) is 12.8 Å². The maximum absolute atomic E-state index is 7.69. The number of likely N-dealkylation sites (tertiary alicyclic amines) is 1. The Morgan fingerprint density at radius 3 is 2.55 bits per heavy atom. The van der Waals surface area contributed by atoms with Crippen molar-refractivity contribution in [3.63, 3.8) is 0 Å². The number of fused-ring (bicyclic) bond motifs is 1. The minimum atomic E-state index is 0.264. The average molecular weight is 534 g/mol. The van der Waals surface area contributed by atoms with Gasteiger partial charge in [0, 0.05) is 23.2 Å². The van der Waals surface area contributed by atoms with Crippen LogP contribution in [0.3, 0.4) is 0 Å². The van der Waals surface area contributed by atoms with Gasteiger partial charge in [-0.25, -0.2) is 0 Å². The average Bonchev–Trinajstić information content (AvgIpc) is 3.36. The molecule has 1 atom stereocenters. The van der Waals surface area contributed by atoms with Crippen molar-refractivity contribution in [3.05, 3.63) is 106 Å². The summed E-state index contributed by atoms with van der Waals surface area (Å²) in [5.74, 6) is 1.11. The van der Waals surface area contributed by atoms with Gasteiger partial charge in [0.15, 0.2) is 0 Å². The second kappa shape index (κ2) is 12.1. The monoisotopic (exact) mass is 533 g/mol. The molecule has 0 aromatic heterocycles. The minimum absolute atomic E-state index is 0.264. The maximum Gasteiger partial charge on any atom is 0.110 e. The van der Waals surface area contributed by atoms with Crippen molar-refractivity contribution in [2.45, 2.75) is 57.9 Å². The van der Waals surface area contributed by atoms with Crippen molar-refractivity contribution in [1.29, 1.82) is 5.41 Å². The quantitative estimate of drug-likeness (QED) is 0.168. The van der Waals surface area contributed by atoms with Gasteiger partial charge in [0.1, 0.15) is 5.82 Å². The van der Waals surface area contributed by atoms with Crippen LogP contribution in [0.2, 0.25) is 0 Å². The standard InChI is InChI=1S/C35H43N5/c1-5-24-20-29(13-14-30(24)25-16-18-40(4)19-17-25)38-33-15-12-26-8-7-11-31(34(26)33)27-9-6-10-28(21-27)39-35(37)32(22-36)23(2)3/h6-11,13-14,20-22,25,33,36,38-39H,2,5,12,15-19,37H2,1,3-4H3/b35-32+,36-22?. The predicted octanol–water partition coefficient (Wildman–Crippen LogP) is 7.63. The molecule has 0 radical (unpaired) electrons. The molecule has 0 saturated carbocycles. The Hall–Kier alpha value is -3.83. The van der Waals surface area contributed by atoms with Crippen LogP contribution in [0.15, 0.2) is 84.2 Å². The topological polar surface area (TPSA) is 77.2 Å². The van der Waals surface area contributed by atoms with Crippen molar-refractivity contribution in [1.82, 2.24) is 4.90 Å². The lowest BCUT2D eigenvalue weighted by molar-refractivity contribution is 0.255. The fourth-order valence-electron chi connectivity index (χ4n) is 6.42. The molecule has 0 bridgehead atoms. The number of piperidine rings is 1. The largest absolute Gasteiger partial charge is 0.385 e. The highest BCUT2D eigenvalue weighted by atomic mass is 15.1. The molecule has 5 heteroatoms. The summed E-state index contributed by atoms with van der Waals surface area (Å²) >= 11 is 0. The zero-order valence-electron chi connectivity index (χ0n) is 24.2.